The van der Waals surface area contributed by atoms with Gasteiger partial charge in [-0.3, -0.25) is 4.79 Å². The van der Waals surface area contributed by atoms with E-state index in [1.54, 1.807) is 6.07 Å². The number of Topliss-reactive ketones (excluding diaryl/α,β-unsaturated/α-hetero) is 1. The largest absolute Gasteiger partial charge is 0.454 e. The average Bonchev–Trinajstić information content (AvgIpc) is 2.93. The number of nitrogens with zero attached hydrogens (tertiary/aromatic N) is 1. The number of halogens is 1. The number of likely N-dealkylation sites (tertiary alicyclic amines) is 1. The highest BCUT2D eigenvalue weighted by Crippen LogP contribution is 2.32. The van der Waals surface area contributed by atoms with Crippen LogP contribution in [0.2, 0.25) is 0 Å². The molecule has 2 aliphatic rings. The Morgan fingerprint density at radius 2 is 1.85 bits per heavy atom. The molecule has 0 spiro atoms. The van der Waals surface area contributed by atoms with E-state index >= 15 is 0 Å². The molecule has 0 bridgehead atoms. The zero-order valence-electron chi connectivity index (χ0n) is 11.5. The molecule has 1 saturated heterocycles. The van der Waals surface area contributed by atoms with Gasteiger partial charge in [-0.25, -0.2) is 0 Å². The summed E-state index contributed by atoms with van der Waals surface area (Å²) in [6.07, 6.45) is 4.43. The van der Waals surface area contributed by atoms with Gasteiger partial charge in [0.1, 0.15) is 0 Å². The van der Waals surface area contributed by atoms with Crippen LogP contribution in [0.4, 0.5) is 0 Å². The monoisotopic (exact) mass is 297 g/mol. The number of piperidine rings is 1. The maximum absolute atomic E-state index is 12.2. The maximum atomic E-state index is 12.2. The Hall–Kier alpha value is -1.26. The molecule has 20 heavy (non-hydrogen) atoms. The fourth-order valence-electron chi connectivity index (χ4n) is 2.66. The van der Waals surface area contributed by atoms with E-state index in [0.29, 0.717) is 12.2 Å². The van der Waals surface area contributed by atoms with Crippen LogP contribution in [0.1, 0.15) is 36.0 Å². The normalized spacial score (nSPS) is 17.6. The quantitative estimate of drug-likeness (QED) is 0.801. The Morgan fingerprint density at radius 3 is 2.65 bits per heavy atom. The van der Waals surface area contributed by atoms with Crippen LogP contribution in [-0.4, -0.2) is 37.1 Å². The van der Waals surface area contributed by atoms with E-state index in [1.807, 2.05) is 12.1 Å². The van der Waals surface area contributed by atoms with Gasteiger partial charge in [0.15, 0.2) is 17.3 Å². The number of rotatable bonds is 4. The predicted molar refractivity (Wildman–Crippen MR) is 79.1 cm³/mol. The molecule has 0 amide bonds. The average molecular weight is 298 g/mol. The van der Waals surface area contributed by atoms with E-state index < -0.39 is 0 Å². The molecule has 0 radical (unpaired) electrons. The first-order chi connectivity index (χ1) is 9.33. The van der Waals surface area contributed by atoms with Crippen molar-refractivity contribution in [1.29, 1.82) is 0 Å². The summed E-state index contributed by atoms with van der Waals surface area (Å²) in [4.78, 5) is 14.5. The first kappa shape index (κ1) is 15.1. The second-order valence-corrected chi connectivity index (χ2v) is 5.14. The van der Waals surface area contributed by atoms with Gasteiger partial charge in [0.05, 0.1) is 0 Å². The van der Waals surface area contributed by atoms with Gasteiger partial charge in [-0.15, -0.1) is 12.4 Å². The van der Waals surface area contributed by atoms with Gasteiger partial charge >= 0.3 is 0 Å². The van der Waals surface area contributed by atoms with E-state index in [-0.39, 0.29) is 25.0 Å². The standard InChI is InChI=1S/C15H19NO3.ClH/c17-13(6-9-16-7-2-1-3-8-16)12-4-5-14-15(10-12)19-11-18-14;/h4-5,10H,1-3,6-9,11H2;1H. The number of ether oxygens (including phenoxy) is 2. The lowest BCUT2D eigenvalue weighted by molar-refractivity contribution is 0.0958. The van der Waals surface area contributed by atoms with Gasteiger partial charge in [-0.1, -0.05) is 6.42 Å². The molecule has 3 rings (SSSR count). The Morgan fingerprint density at radius 1 is 1.10 bits per heavy atom. The van der Waals surface area contributed by atoms with E-state index in [2.05, 4.69) is 4.90 Å². The van der Waals surface area contributed by atoms with E-state index in [9.17, 15) is 4.79 Å². The molecule has 0 atom stereocenters. The van der Waals surface area contributed by atoms with Crippen molar-refractivity contribution in [3.05, 3.63) is 23.8 Å². The molecule has 4 nitrogen and oxygen atoms in total. The summed E-state index contributed by atoms with van der Waals surface area (Å²) in [5.41, 5.74) is 0.723. The molecule has 5 heteroatoms. The maximum Gasteiger partial charge on any atom is 0.231 e. The molecule has 0 saturated carbocycles. The molecule has 0 aromatic heterocycles. The Bertz CT molecular complexity index is 472. The lowest BCUT2D eigenvalue weighted by Crippen LogP contribution is -2.31. The van der Waals surface area contributed by atoms with Gasteiger partial charge in [-0.2, -0.15) is 0 Å². The van der Waals surface area contributed by atoms with Crippen LogP contribution in [0.25, 0.3) is 0 Å². The number of fused-ring (bicyclic) bond motifs is 1. The van der Waals surface area contributed by atoms with Crippen molar-refractivity contribution in [2.75, 3.05) is 26.4 Å². The van der Waals surface area contributed by atoms with Gasteiger partial charge in [0.25, 0.3) is 0 Å². The SMILES string of the molecule is Cl.O=C(CCN1CCCCC1)c1ccc2c(c1)OCO2. The Balaban J connectivity index is 0.00000147. The van der Waals surface area contributed by atoms with Crippen molar-refractivity contribution >= 4 is 18.2 Å². The fourth-order valence-corrected chi connectivity index (χ4v) is 2.66. The minimum Gasteiger partial charge on any atom is -0.454 e. The summed E-state index contributed by atoms with van der Waals surface area (Å²) in [7, 11) is 0. The number of carbonyl (C=O) groups excluding carboxylic acids is 1. The molecular weight excluding hydrogens is 278 g/mol. The number of hydrogen-bond acceptors (Lipinski definition) is 4. The van der Waals surface area contributed by atoms with Crippen LogP contribution in [-0.2, 0) is 0 Å². The molecule has 0 aliphatic carbocycles. The van der Waals surface area contributed by atoms with E-state index in [0.717, 1.165) is 30.9 Å². The second-order valence-electron chi connectivity index (χ2n) is 5.14. The summed E-state index contributed by atoms with van der Waals surface area (Å²) in [5.74, 6) is 1.60. The lowest BCUT2D eigenvalue weighted by atomic mass is 10.1. The van der Waals surface area contributed by atoms with Crippen LogP contribution in [0.5, 0.6) is 11.5 Å². The van der Waals surface area contributed by atoms with Gasteiger partial charge < -0.3 is 14.4 Å². The first-order valence-corrected chi connectivity index (χ1v) is 6.98. The molecular formula is C15H20ClNO3. The molecule has 110 valence electrons. The fraction of sp³-hybridized carbons (Fsp3) is 0.533. The summed E-state index contributed by atoms with van der Waals surface area (Å²) < 4.78 is 10.5. The summed E-state index contributed by atoms with van der Waals surface area (Å²) in [5, 5.41) is 0. The summed E-state index contributed by atoms with van der Waals surface area (Å²) >= 11 is 0. The zero-order valence-corrected chi connectivity index (χ0v) is 12.3. The van der Waals surface area contributed by atoms with E-state index in [1.165, 1.54) is 19.3 Å². The molecule has 1 aromatic carbocycles. The Kier molecular flexibility index (Phi) is 5.26. The third-order valence-corrected chi connectivity index (χ3v) is 3.80. The number of benzene rings is 1. The highest BCUT2D eigenvalue weighted by Gasteiger charge is 2.17. The summed E-state index contributed by atoms with van der Waals surface area (Å²) in [6, 6.07) is 5.43. The molecule has 0 N–H and O–H groups in total. The number of hydrogen-bond donors (Lipinski definition) is 0. The van der Waals surface area contributed by atoms with Crippen LogP contribution in [0.15, 0.2) is 18.2 Å². The molecule has 0 unspecified atom stereocenters. The second kappa shape index (κ2) is 6.95. The van der Waals surface area contributed by atoms with Gasteiger partial charge in [0.2, 0.25) is 6.79 Å². The molecule has 2 aliphatic heterocycles. The number of ketones is 1. The third-order valence-electron chi connectivity index (χ3n) is 3.80. The van der Waals surface area contributed by atoms with Crippen LogP contribution < -0.4 is 9.47 Å². The van der Waals surface area contributed by atoms with Crippen molar-refractivity contribution in [1.82, 2.24) is 4.90 Å². The lowest BCUT2D eigenvalue weighted by Gasteiger charge is -2.25. The highest BCUT2D eigenvalue weighted by atomic mass is 35.5. The Labute approximate surface area is 125 Å². The molecule has 1 aromatic rings. The summed E-state index contributed by atoms with van der Waals surface area (Å²) in [6.45, 7) is 3.39. The van der Waals surface area contributed by atoms with Gasteiger partial charge in [-0.05, 0) is 44.1 Å². The first-order valence-electron chi connectivity index (χ1n) is 6.98. The predicted octanol–water partition coefficient (Wildman–Crippen LogP) is 2.90. The number of carbonyl (C=O) groups is 1. The zero-order chi connectivity index (χ0) is 13.1. The third kappa shape index (κ3) is 3.44. The van der Waals surface area contributed by atoms with Crippen molar-refractivity contribution in [2.45, 2.75) is 25.7 Å². The minimum atomic E-state index is 0. The minimum absolute atomic E-state index is 0. The van der Waals surface area contributed by atoms with Crippen molar-refractivity contribution in [3.8, 4) is 11.5 Å². The van der Waals surface area contributed by atoms with Crippen LogP contribution in [0, 0.1) is 0 Å². The molecule has 1 fully saturated rings. The van der Waals surface area contributed by atoms with Crippen molar-refractivity contribution < 1.29 is 14.3 Å². The smallest absolute Gasteiger partial charge is 0.231 e. The van der Waals surface area contributed by atoms with Crippen molar-refractivity contribution in [3.63, 3.8) is 0 Å². The van der Waals surface area contributed by atoms with Crippen molar-refractivity contribution in [2.24, 2.45) is 0 Å². The van der Waals surface area contributed by atoms with Gasteiger partial charge in [0, 0.05) is 18.5 Å². The topological polar surface area (TPSA) is 38.8 Å². The van der Waals surface area contributed by atoms with E-state index in [4.69, 9.17) is 9.47 Å². The molecule has 2 heterocycles. The van der Waals surface area contributed by atoms with Crippen LogP contribution in [0.3, 0.4) is 0 Å². The van der Waals surface area contributed by atoms with Crippen LogP contribution >= 0.6 is 12.4 Å². The highest BCUT2D eigenvalue weighted by molar-refractivity contribution is 5.96.